The first-order chi connectivity index (χ1) is 8.49. The number of fused-ring (bicyclic) bond motifs is 2. The third kappa shape index (κ3) is 1.55. The number of hydrogen-bond donors (Lipinski definition) is 1. The SMILES string of the molecule is CC1CC2Cc3c(n(C)c(=O)[nH]c3=O)N=C(Br)C12. The van der Waals surface area contributed by atoms with Crippen LogP contribution in [0.4, 0.5) is 5.82 Å². The van der Waals surface area contributed by atoms with Crippen LogP contribution in [0.3, 0.4) is 0 Å². The quantitative estimate of drug-likeness (QED) is 0.785. The maximum Gasteiger partial charge on any atom is 0.329 e. The van der Waals surface area contributed by atoms with Gasteiger partial charge in [-0.1, -0.05) is 6.92 Å². The van der Waals surface area contributed by atoms with Crippen molar-refractivity contribution < 1.29 is 0 Å². The monoisotopic (exact) mass is 311 g/mol. The number of nitrogens with zero attached hydrogens (tertiary/aromatic N) is 2. The molecular formula is C12H14BrN3O2. The smallest absolute Gasteiger partial charge is 0.281 e. The largest absolute Gasteiger partial charge is 0.329 e. The first-order valence-electron chi connectivity index (χ1n) is 6.05. The van der Waals surface area contributed by atoms with Crippen molar-refractivity contribution in [3.63, 3.8) is 0 Å². The summed E-state index contributed by atoms with van der Waals surface area (Å²) < 4.78 is 2.28. The van der Waals surface area contributed by atoms with Crippen LogP contribution < -0.4 is 11.2 Å². The fraction of sp³-hybridized carbons (Fsp3) is 0.583. The molecule has 5 nitrogen and oxygen atoms in total. The van der Waals surface area contributed by atoms with Crippen LogP contribution in [0.15, 0.2) is 14.6 Å². The molecule has 1 aromatic heterocycles. The Labute approximate surface area is 112 Å². The van der Waals surface area contributed by atoms with Crippen molar-refractivity contribution in [3.8, 4) is 0 Å². The average Bonchev–Trinajstić information content (AvgIpc) is 2.39. The van der Waals surface area contributed by atoms with E-state index < -0.39 is 5.69 Å². The Kier molecular flexibility index (Phi) is 2.59. The highest BCUT2D eigenvalue weighted by molar-refractivity contribution is 9.18. The number of rotatable bonds is 0. The van der Waals surface area contributed by atoms with E-state index in [4.69, 9.17) is 0 Å². The second-order valence-corrected chi connectivity index (χ2v) is 6.07. The molecule has 18 heavy (non-hydrogen) atoms. The molecule has 96 valence electrons. The minimum absolute atomic E-state index is 0.294. The minimum atomic E-state index is -0.412. The number of hydrogen-bond acceptors (Lipinski definition) is 3. The second-order valence-electron chi connectivity index (χ2n) is 5.26. The highest BCUT2D eigenvalue weighted by atomic mass is 79.9. The predicted molar refractivity (Wildman–Crippen MR) is 72.8 cm³/mol. The zero-order chi connectivity index (χ0) is 13.0. The summed E-state index contributed by atoms with van der Waals surface area (Å²) in [5.74, 6) is 1.92. The molecule has 0 aromatic carbocycles. The highest BCUT2D eigenvalue weighted by Gasteiger charge is 2.43. The van der Waals surface area contributed by atoms with E-state index in [1.807, 2.05) is 0 Å². The highest BCUT2D eigenvalue weighted by Crippen LogP contribution is 2.46. The standard InChI is InChI=1S/C12H14BrN3O2/c1-5-3-6-4-7-10(14-9(13)8(5)6)16(2)12(18)15-11(7)17/h5-6,8H,3-4H2,1-2H3,(H,15,17,18). The van der Waals surface area contributed by atoms with Gasteiger partial charge in [-0.25, -0.2) is 9.79 Å². The summed E-state index contributed by atoms with van der Waals surface area (Å²) in [5, 5.41) is 0. The Morgan fingerprint density at radius 3 is 2.83 bits per heavy atom. The van der Waals surface area contributed by atoms with Crippen LogP contribution in [-0.2, 0) is 13.5 Å². The Hall–Kier alpha value is -1.17. The fourth-order valence-electron chi connectivity index (χ4n) is 3.10. The fourth-order valence-corrected chi connectivity index (χ4v) is 4.09. The molecular weight excluding hydrogens is 298 g/mol. The van der Waals surface area contributed by atoms with Gasteiger partial charge in [-0.15, -0.1) is 0 Å². The number of halogens is 1. The lowest BCUT2D eigenvalue weighted by Crippen LogP contribution is -2.40. The van der Waals surface area contributed by atoms with E-state index in [0.29, 0.717) is 35.6 Å². The second kappa shape index (κ2) is 3.91. The molecule has 2 aliphatic rings. The molecule has 1 N–H and O–H groups in total. The Morgan fingerprint density at radius 1 is 1.44 bits per heavy atom. The molecule has 0 saturated heterocycles. The van der Waals surface area contributed by atoms with Crippen molar-refractivity contribution in [3.05, 3.63) is 26.4 Å². The summed E-state index contributed by atoms with van der Waals surface area (Å²) in [6.45, 7) is 2.19. The van der Waals surface area contributed by atoms with Crippen molar-refractivity contribution in [1.82, 2.24) is 9.55 Å². The Morgan fingerprint density at radius 2 is 2.17 bits per heavy atom. The molecule has 3 atom stereocenters. The Bertz CT molecular complexity index is 658. The summed E-state index contributed by atoms with van der Waals surface area (Å²) in [7, 11) is 1.64. The number of aliphatic imine (C=N–C) groups is 1. The lowest BCUT2D eigenvalue weighted by atomic mass is 9.64. The van der Waals surface area contributed by atoms with E-state index in [2.05, 4.69) is 32.8 Å². The van der Waals surface area contributed by atoms with Gasteiger partial charge in [0.2, 0.25) is 0 Å². The number of nitrogens with one attached hydrogen (secondary N) is 1. The summed E-state index contributed by atoms with van der Waals surface area (Å²) in [6.07, 6.45) is 1.81. The molecule has 1 saturated carbocycles. The van der Waals surface area contributed by atoms with Crippen LogP contribution in [-0.4, -0.2) is 14.2 Å². The molecule has 0 spiro atoms. The van der Waals surface area contributed by atoms with E-state index in [9.17, 15) is 9.59 Å². The van der Waals surface area contributed by atoms with Crippen molar-refractivity contribution in [2.75, 3.05) is 0 Å². The summed E-state index contributed by atoms with van der Waals surface area (Å²) in [5.41, 5.74) is -0.0732. The van der Waals surface area contributed by atoms with Crippen molar-refractivity contribution >= 4 is 26.4 Å². The zero-order valence-electron chi connectivity index (χ0n) is 10.2. The van der Waals surface area contributed by atoms with Crippen molar-refractivity contribution in [2.45, 2.75) is 19.8 Å². The van der Waals surface area contributed by atoms with Gasteiger partial charge in [0.1, 0.15) is 5.82 Å². The lowest BCUT2D eigenvalue weighted by Gasteiger charge is -2.41. The molecule has 1 aliphatic heterocycles. The van der Waals surface area contributed by atoms with Gasteiger partial charge in [-0.05, 0) is 40.6 Å². The third-order valence-corrected chi connectivity index (χ3v) is 4.84. The molecule has 0 radical (unpaired) electrons. The van der Waals surface area contributed by atoms with Crippen LogP contribution in [0.1, 0.15) is 18.9 Å². The molecule has 0 bridgehead atoms. The van der Waals surface area contributed by atoms with Gasteiger partial charge in [0.25, 0.3) is 5.56 Å². The van der Waals surface area contributed by atoms with Crippen LogP contribution in [0.5, 0.6) is 0 Å². The first kappa shape index (κ1) is 11.9. The van der Waals surface area contributed by atoms with Gasteiger partial charge in [0, 0.05) is 13.0 Å². The predicted octanol–water partition coefficient (Wildman–Crippen LogP) is 1.33. The molecule has 0 amide bonds. The van der Waals surface area contributed by atoms with E-state index in [1.165, 1.54) is 4.57 Å². The number of aromatic amines is 1. The van der Waals surface area contributed by atoms with Gasteiger partial charge in [0.15, 0.2) is 0 Å². The minimum Gasteiger partial charge on any atom is -0.281 e. The molecule has 6 heteroatoms. The van der Waals surface area contributed by atoms with Crippen LogP contribution in [0, 0.1) is 17.8 Å². The normalized spacial score (nSPS) is 29.7. The van der Waals surface area contributed by atoms with E-state index in [-0.39, 0.29) is 5.56 Å². The van der Waals surface area contributed by atoms with E-state index in [0.717, 1.165) is 11.0 Å². The molecule has 1 fully saturated rings. The lowest BCUT2D eigenvalue weighted by molar-refractivity contribution is 0.152. The Balaban J connectivity index is 2.24. The average molecular weight is 312 g/mol. The summed E-state index contributed by atoms with van der Waals surface area (Å²) in [4.78, 5) is 30.3. The van der Waals surface area contributed by atoms with E-state index >= 15 is 0 Å². The molecule has 3 unspecified atom stereocenters. The van der Waals surface area contributed by atoms with Crippen LogP contribution in [0.25, 0.3) is 0 Å². The maximum atomic E-state index is 11.9. The third-order valence-electron chi connectivity index (χ3n) is 4.14. The van der Waals surface area contributed by atoms with Crippen LogP contribution >= 0.6 is 15.9 Å². The van der Waals surface area contributed by atoms with Gasteiger partial charge in [-0.3, -0.25) is 14.3 Å². The van der Waals surface area contributed by atoms with Gasteiger partial charge in [-0.2, -0.15) is 0 Å². The van der Waals surface area contributed by atoms with Crippen LogP contribution in [0.2, 0.25) is 0 Å². The summed E-state index contributed by atoms with van der Waals surface area (Å²) >= 11 is 3.51. The molecule has 1 aliphatic carbocycles. The molecule has 2 heterocycles. The van der Waals surface area contributed by atoms with Crippen molar-refractivity contribution in [2.24, 2.45) is 29.8 Å². The maximum absolute atomic E-state index is 11.9. The number of aromatic nitrogens is 2. The van der Waals surface area contributed by atoms with Crippen molar-refractivity contribution in [1.29, 1.82) is 0 Å². The van der Waals surface area contributed by atoms with Gasteiger partial charge >= 0.3 is 5.69 Å². The number of H-pyrrole nitrogens is 1. The van der Waals surface area contributed by atoms with Gasteiger partial charge < -0.3 is 0 Å². The molecule has 3 rings (SSSR count). The van der Waals surface area contributed by atoms with E-state index in [1.54, 1.807) is 7.05 Å². The molecule has 1 aromatic rings. The summed E-state index contributed by atoms with van der Waals surface area (Å²) in [6, 6.07) is 0. The van der Waals surface area contributed by atoms with Gasteiger partial charge in [0.05, 0.1) is 10.2 Å². The zero-order valence-corrected chi connectivity index (χ0v) is 11.8. The first-order valence-corrected chi connectivity index (χ1v) is 6.84. The topological polar surface area (TPSA) is 67.2 Å².